The second kappa shape index (κ2) is 4.37. The number of rotatable bonds is 4. The molecule has 0 amide bonds. The van der Waals surface area contributed by atoms with Crippen LogP contribution in [0, 0.1) is 10.1 Å². The molecule has 3 N–H and O–H groups in total. The minimum atomic E-state index is -0.760. The Labute approximate surface area is 87.7 Å². The Morgan fingerprint density at radius 3 is 2.60 bits per heavy atom. The molecule has 0 saturated heterocycles. The zero-order chi connectivity index (χ0) is 11.5. The van der Waals surface area contributed by atoms with E-state index in [1.165, 1.54) is 6.07 Å². The first-order chi connectivity index (χ1) is 7.05. The van der Waals surface area contributed by atoms with Gasteiger partial charge in [0.2, 0.25) is 0 Å². The number of nitrogens with zero attached hydrogens (tertiary/aromatic N) is 1. The summed E-state index contributed by atoms with van der Waals surface area (Å²) in [6.07, 6.45) is 0. The van der Waals surface area contributed by atoms with Gasteiger partial charge in [-0.3, -0.25) is 10.1 Å². The molecule has 5 nitrogen and oxygen atoms in total. The van der Waals surface area contributed by atoms with Crippen molar-refractivity contribution in [2.45, 2.75) is 12.3 Å². The molecule has 1 atom stereocenters. The van der Waals surface area contributed by atoms with E-state index in [0.29, 0.717) is 5.56 Å². The average Bonchev–Trinajstić information content (AvgIpc) is 2.28. The Balaban J connectivity index is 3.29. The summed E-state index contributed by atoms with van der Waals surface area (Å²) in [5.41, 5.74) is 5.25. The molecular weight excluding hydrogens is 196 g/mol. The van der Waals surface area contributed by atoms with Crippen molar-refractivity contribution in [2.24, 2.45) is 5.73 Å². The van der Waals surface area contributed by atoms with E-state index in [2.05, 4.69) is 0 Å². The predicted octanol–water partition coefficient (Wildman–Crippen LogP) is 0.803. The molecule has 0 heterocycles. The Bertz CT molecular complexity index is 361. The zero-order valence-electron chi connectivity index (χ0n) is 8.51. The molecule has 0 aliphatic rings. The van der Waals surface area contributed by atoms with E-state index in [-0.39, 0.29) is 18.8 Å². The summed E-state index contributed by atoms with van der Waals surface area (Å²) >= 11 is 0. The van der Waals surface area contributed by atoms with Crippen LogP contribution in [-0.2, 0) is 5.41 Å². The quantitative estimate of drug-likeness (QED) is 0.568. The van der Waals surface area contributed by atoms with E-state index in [9.17, 15) is 15.2 Å². The fraction of sp³-hybridized carbons (Fsp3) is 0.400. The number of hydrogen-bond donors (Lipinski definition) is 2. The van der Waals surface area contributed by atoms with Crippen LogP contribution in [0.25, 0.3) is 0 Å². The van der Waals surface area contributed by atoms with Gasteiger partial charge in [0, 0.05) is 23.6 Å². The maximum absolute atomic E-state index is 10.8. The first kappa shape index (κ1) is 11.6. The second-order valence-corrected chi connectivity index (χ2v) is 3.70. The third-order valence-corrected chi connectivity index (χ3v) is 2.55. The van der Waals surface area contributed by atoms with Crippen molar-refractivity contribution in [3.63, 3.8) is 0 Å². The lowest BCUT2D eigenvalue weighted by atomic mass is 9.82. The summed E-state index contributed by atoms with van der Waals surface area (Å²) in [6, 6.07) is 6.34. The zero-order valence-corrected chi connectivity index (χ0v) is 8.51. The number of nitrogens with two attached hydrogens (primary N) is 1. The number of para-hydroxylation sites is 1. The molecule has 1 aromatic carbocycles. The third kappa shape index (κ3) is 2.14. The van der Waals surface area contributed by atoms with E-state index in [0.717, 1.165) is 0 Å². The predicted molar refractivity (Wildman–Crippen MR) is 56.6 cm³/mol. The molecule has 0 fully saturated rings. The van der Waals surface area contributed by atoms with Gasteiger partial charge in [0.1, 0.15) is 0 Å². The molecule has 0 aliphatic heterocycles. The van der Waals surface area contributed by atoms with Gasteiger partial charge >= 0.3 is 0 Å². The van der Waals surface area contributed by atoms with Crippen LogP contribution in [0.5, 0.6) is 0 Å². The molecule has 1 rings (SSSR count). The fourth-order valence-electron chi connectivity index (χ4n) is 1.40. The third-order valence-electron chi connectivity index (χ3n) is 2.55. The van der Waals surface area contributed by atoms with Crippen LogP contribution in [0.3, 0.4) is 0 Å². The maximum Gasteiger partial charge on any atom is 0.273 e. The molecule has 0 bridgehead atoms. The van der Waals surface area contributed by atoms with Crippen LogP contribution in [0.4, 0.5) is 5.69 Å². The first-order valence-corrected chi connectivity index (χ1v) is 4.60. The molecule has 0 radical (unpaired) electrons. The SMILES string of the molecule is CC(CN)(CO)c1ccccc1[N+](=O)[O-]. The van der Waals surface area contributed by atoms with Crippen molar-refractivity contribution in [1.29, 1.82) is 0 Å². The number of nitro groups is 1. The van der Waals surface area contributed by atoms with Crippen molar-refractivity contribution in [2.75, 3.05) is 13.2 Å². The summed E-state index contributed by atoms with van der Waals surface area (Å²) in [6.45, 7) is 1.65. The highest BCUT2D eigenvalue weighted by molar-refractivity contribution is 5.45. The van der Waals surface area contributed by atoms with Crippen LogP contribution < -0.4 is 5.73 Å². The Kier molecular flexibility index (Phi) is 3.39. The van der Waals surface area contributed by atoms with E-state index in [1.807, 2.05) is 0 Å². The average molecular weight is 210 g/mol. The standard InChI is InChI=1S/C10H14N2O3/c1-10(6-11,7-13)8-4-2-3-5-9(8)12(14)15/h2-5,13H,6-7,11H2,1H3. The Hall–Kier alpha value is -1.46. The minimum absolute atomic E-state index is 0.000463. The van der Waals surface area contributed by atoms with Crippen LogP contribution >= 0.6 is 0 Å². The normalized spacial score (nSPS) is 14.6. The van der Waals surface area contributed by atoms with Gasteiger partial charge in [-0.25, -0.2) is 0 Å². The number of benzene rings is 1. The van der Waals surface area contributed by atoms with Gasteiger partial charge in [0.05, 0.1) is 11.5 Å². The van der Waals surface area contributed by atoms with Crippen molar-refractivity contribution < 1.29 is 10.0 Å². The topological polar surface area (TPSA) is 89.4 Å². The van der Waals surface area contributed by atoms with Gasteiger partial charge < -0.3 is 10.8 Å². The molecule has 0 saturated carbocycles. The minimum Gasteiger partial charge on any atom is -0.395 e. The first-order valence-electron chi connectivity index (χ1n) is 4.60. The van der Waals surface area contributed by atoms with Crippen molar-refractivity contribution in [1.82, 2.24) is 0 Å². The molecule has 0 spiro atoms. The highest BCUT2D eigenvalue weighted by atomic mass is 16.6. The lowest BCUT2D eigenvalue weighted by molar-refractivity contribution is -0.386. The molecule has 5 heteroatoms. The summed E-state index contributed by atoms with van der Waals surface area (Å²) in [4.78, 5) is 10.3. The molecular formula is C10H14N2O3. The van der Waals surface area contributed by atoms with E-state index in [4.69, 9.17) is 5.73 Å². The van der Waals surface area contributed by atoms with Gasteiger partial charge in [-0.15, -0.1) is 0 Å². The largest absolute Gasteiger partial charge is 0.395 e. The molecule has 0 aromatic heterocycles. The van der Waals surface area contributed by atoms with E-state index >= 15 is 0 Å². The Morgan fingerprint density at radius 2 is 2.13 bits per heavy atom. The summed E-state index contributed by atoms with van der Waals surface area (Å²) in [5, 5.41) is 20.0. The smallest absolute Gasteiger partial charge is 0.273 e. The van der Waals surface area contributed by atoms with Crippen LogP contribution in [-0.4, -0.2) is 23.2 Å². The fourth-order valence-corrected chi connectivity index (χ4v) is 1.40. The number of aliphatic hydroxyl groups is 1. The van der Waals surface area contributed by atoms with Crippen LogP contribution in [0.2, 0.25) is 0 Å². The van der Waals surface area contributed by atoms with Crippen molar-refractivity contribution in [3.8, 4) is 0 Å². The summed E-state index contributed by atoms with van der Waals surface area (Å²) < 4.78 is 0. The highest BCUT2D eigenvalue weighted by Crippen LogP contribution is 2.30. The lowest BCUT2D eigenvalue weighted by Crippen LogP contribution is -2.36. The van der Waals surface area contributed by atoms with Gasteiger partial charge in [-0.1, -0.05) is 25.1 Å². The molecule has 1 aromatic rings. The molecule has 1 unspecified atom stereocenters. The van der Waals surface area contributed by atoms with Crippen LogP contribution in [0.1, 0.15) is 12.5 Å². The Morgan fingerprint density at radius 1 is 1.53 bits per heavy atom. The van der Waals surface area contributed by atoms with Gasteiger partial charge in [-0.05, 0) is 0 Å². The van der Waals surface area contributed by atoms with Crippen molar-refractivity contribution >= 4 is 5.69 Å². The number of nitro benzene ring substituents is 1. The molecule has 82 valence electrons. The van der Waals surface area contributed by atoms with E-state index < -0.39 is 10.3 Å². The highest BCUT2D eigenvalue weighted by Gasteiger charge is 2.30. The number of aliphatic hydroxyl groups excluding tert-OH is 1. The maximum atomic E-state index is 10.8. The van der Waals surface area contributed by atoms with Gasteiger partial charge in [0.15, 0.2) is 0 Å². The van der Waals surface area contributed by atoms with Crippen LogP contribution in [0.15, 0.2) is 24.3 Å². The second-order valence-electron chi connectivity index (χ2n) is 3.70. The monoisotopic (exact) mass is 210 g/mol. The van der Waals surface area contributed by atoms with Gasteiger partial charge in [0.25, 0.3) is 5.69 Å². The summed E-state index contributed by atoms with van der Waals surface area (Å²) in [5.74, 6) is 0. The molecule has 15 heavy (non-hydrogen) atoms. The summed E-state index contributed by atoms with van der Waals surface area (Å²) in [7, 11) is 0. The molecule has 0 aliphatic carbocycles. The lowest BCUT2D eigenvalue weighted by Gasteiger charge is -2.25. The van der Waals surface area contributed by atoms with E-state index in [1.54, 1.807) is 25.1 Å². The van der Waals surface area contributed by atoms with Gasteiger partial charge in [-0.2, -0.15) is 0 Å². The number of hydrogen-bond acceptors (Lipinski definition) is 4. The van der Waals surface area contributed by atoms with Crippen molar-refractivity contribution in [3.05, 3.63) is 39.9 Å².